The second kappa shape index (κ2) is 5.44. The van der Waals surface area contributed by atoms with E-state index >= 15 is 0 Å². The van der Waals surface area contributed by atoms with Crippen LogP contribution in [0.5, 0.6) is 0 Å². The average Bonchev–Trinajstić information content (AvgIpc) is 2.59. The lowest BCUT2D eigenvalue weighted by Gasteiger charge is -2.18. The van der Waals surface area contributed by atoms with E-state index in [1.54, 1.807) is 11.0 Å². The molecular weight excluding hydrogens is 250 g/mol. The van der Waals surface area contributed by atoms with Crippen LogP contribution in [0.2, 0.25) is 0 Å². The van der Waals surface area contributed by atoms with Gasteiger partial charge in [0.1, 0.15) is 0 Å². The van der Waals surface area contributed by atoms with Crippen molar-refractivity contribution in [3.8, 4) is 0 Å². The zero-order chi connectivity index (χ0) is 13.1. The van der Waals surface area contributed by atoms with Crippen molar-refractivity contribution in [2.75, 3.05) is 6.54 Å². The van der Waals surface area contributed by atoms with Crippen molar-refractivity contribution in [3.05, 3.63) is 35.4 Å². The minimum atomic E-state index is -0.859. The molecule has 0 aliphatic carbocycles. The van der Waals surface area contributed by atoms with E-state index in [0.717, 1.165) is 11.1 Å². The summed E-state index contributed by atoms with van der Waals surface area (Å²) in [7, 11) is 0. The third kappa shape index (κ3) is 3.04. The molecule has 1 aliphatic heterocycles. The predicted octanol–water partition coefficient (Wildman–Crippen LogP) is 1.34. The van der Waals surface area contributed by atoms with Crippen molar-refractivity contribution >= 4 is 24.5 Å². The number of nitrogens with zero attached hydrogens (tertiary/aromatic N) is 1. The summed E-state index contributed by atoms with van der Waals surface area (Å²) in [5, 5.41) is 8.94. The molecule has 5 heteroatoms. The van der Waals surface area contributed by atoms with Gasteiger partial charge >= 0.3 is 5.97 Å². The number of carbonyl (C=O) groups is 2. The van der Waals surface area contributed by atoms with Crippen molar-refractivity contribution in [1.29, 1.82) is 0 Å². The molecule has 0 spiro atoms. The number of carboxylic acids is 1. The summed E-state index contributed by atoms with van der Waals surface area (Å²) in [4.78, 5) is 24.2. The Hall–Kier alpha value is -1.49. The van der Waals surface area contributed by atoms with E-state index in [1.165, 1.54) is 0 Å². The zero-order valence-corrected chi connectivity index (χ0v) is 10.8. The molecule has 1 unspecified atom stereocenters. The van der Waals surface area contributed by atoms with E-state index in [4.69, 9.17) is 5.11 Å². The predicted molar refractivity (Wildman–Crippen MR) is 70.6 cm³/mol. The van der Waals surface area contributed by atoms with E-state index in [-0.39, 0.29) is 17.6 Å². The number of carbonyl (C=O) groups excluding carboxylic acids is 1. The molecule has 18 heavy (non-hydrogen) atoms. The fraction of sp³-hybridized carbons (Fsp3) is 0.385. The number of hydrogen-bond acceptors (Lipinski definition) is 3. The van der Waals surface area contributed by atoms with E-state index in [9.17, 15) is 9.59 Å². The second-order valence-electron chi connectivity index (χ2n) is 4.47. The molecule has 96 valence electrons. The van der Waals surface area contributed by atoms with Crippen molar-refractivity contribution < 1.29 is 14.7 Å². The van der Waals surface area contributed by atoms with Crippen molar-refractivity contribution in [1.82, 2.24) is 4.90 Å². The largest absolute Gasteiger partial charge is 0.481 e. The van der Waals surface area contributed by atoms with Crippen molar-refractivity contribution in [2.45, 2.75) is 24.6 Å². The van der Waals surface area contributed by atoms with Crippen LogP contribution in [0.4, 0.5) is 0 Å². The Balaban J connectivity index is 2.13. The smallest absolute Gasteiger partial charge is 0.307 e. The first-order chi connectivity index (χ1) is 8.56. The van der Waals surface area contributed by atoms with Crippen molar-refractivity contribution in [2.24, 2.45) is 0 Å². The van der Waals surface area contributed by atoms with E-state index in [2.05, 4.69) is 12.6 Å². The van der Waals surface area contributed by atoms with Gasteiger partial charge in [-0.3, -0.25) is 9.59 Å². The Labute approximate surface area is 111 Å². The molecule has 1 amide bonds. The number of aliphatic carboxylic acids is 1. The SMILES string of the molecule is O=C(O)Cc1ccccc1CN1CC(S)CC1=O. The molecule has 1 saturated heterocycles. The van der Waals surface area contributed by atoms with Crippen LogP contribution in [-0.2, 0) is 22.6 Å². The van der Waals surface area contributed by atoms with Gasteiger partial charge in [0.2, 0.25) is 5.91 Å². The van der Waals surface area contributed by atoms with Gasteiger partial charge in [0.05, 0.1) is 6.42 Å². The van der Waals surface area contributed by atoms with Crippen LogP contribution in [-0.4, -0.2) is 33.7 Å². The Morgan fingerprint density at radius 1 is 1.39 bits per heavy atom. The third-order valence-corrected chi connectivity index (χ3v) is 3.36. The fourth-order valence-electron chi connectivity index (χ4n) is 2.16. The summed E-state index contributed by atoms with van der Waals surface area (Å²) >= 11 is 4.30. The lowest BCUT2D eigenvalue weighted by molar-refractivity contribution is -0.136. The molecule has 1 aromatic rings. The van der Waals surface area contributed by atoms with Gasteiger partial charge in [-0.15, -0.1) is 0 Å². The number of rotatable bonds is 4. The number of hydrogen-bond donors (Lipinski definition) is 2. The molecule has 1 aromatic carbocycles. The van der Waals surface area contributed by atoms with Crippen LogP contribution in [0.15, 0.2) is 24.3 Å². The standard InChI is InChI=1S/C13H15NO3S/c15-12-6-11(18)8-14(12)7-10-4-2-1-3-9(10)5-13(16)17/h1-4,11,18H,5-8H2,(H,16,17). The number of benzene rings is 1. The van der Waals surface area contributed by atoms with Gasteiger partial charge in [0.15, 0.2) is 0 Å². The van der Waals surface area contributed by atoms with E-state index < -0.39 is 5.97 Å². The normalized spacial score (nSPS) is 19.3. The highest BCUT2D eigenvalue weighted by Crippen LogP contribution is 2.20. The molecule has 0 aromatic heterocycles. The summed E-state index contributed by atoms with van der Waals surface area (Å²) in [6, 6.07) is 7.34. The molecule has 1 atom stereocenters. The molecule has 0 bridgehead atoms. The molecule has 0 radical (unpaired) electrons. The summed E-state index contributed by atoms with van der Waals surface area (Å²) in [5.74, 6) is -0.776. The maximum atomic E-state index is 11.7. The minimum absolute atomic E-state index is 0.0114. The summed E-state index contributed by atoms with van der Waals surface area (Å²) in [5.41, 5.74) is 1.66. The summed E-state index contributed by atoms with van der Waals surface area (Å²) in [6.07, 6.45) is 0.451. The number of likely N-dealkylation sites (tertiary alicyclic amines) is 1. The highest BCUT2D eigenvalue weighted by Gasteiger charge is 2.27. The first kappa shape index (κ1) is 13.0. The second-order valence-corrected chi connectivity index (χ2v) is 5.20. The topological polar surface area (TPSA) is 57.6 Å². The number of thiol groups is 1. The first-order valence-electron chi connectivity index (χ1n) is 5.80. The molecule has 1 aliphatic rings. The Morgan fingerprint density at radius 2 is 2.06 bits per heavy atom. The van der Waals surface area contributed by atoms with E-state index in [1.807, 2.05) is 18.2 Å². The van der Waals surface area contributed by atoms with Gasteiger partial charge in [-0.25, -0.2) is 0 Å². The van der Waals surface area contributed by atoms with Gasteiger partial charge in [0.25, 0.3) is 0 Å². The lowest BCUT2D eigenvalue weighted by atomic mass is 10.0. The third-order valence-electron chi connectivity index (χ3n) is 3.02. The Kier molecular flexibility index (Phi) is 3.91. The van der Waals surface area contributed by atoms with Gasteiger partial charge in [-0.2, -0.15) is 12.6 Å². The maximum absolute atomic E-state index is 11.7. The monoisotopic (exact) mass is 265 g/mol. The molecule has 4 nitrogen and oxygen atoms in total. The van der Waals surface area contributed by atoms with Crippen LogP contribution in [0.1, 0.15) is 17.5 Å². The average molecular weight is 265 g/mol. The molecular formula is C13H15NO3S. The van der Waals surface area contributed by atoms with Gasteiger partial charge in [-0.1, -0.05) is 24.3 Å². The molecule has 0 saturated carbocycles. The van der Waals surface area contributed by atoms with Crippen LogP contribution < -0.4 is 0 Å². The summed E-state index contributed by atoms with van der Waals surface area (Å²) < 4.78 is 0. The highest BCUT2D eigenvalue weighted by atomic mass is 32.1. The summed E-state index contributed by atoms with van der Waals surface area (Å²) in [6.45, 7) is 1.10. The van der Waals surface area contributed by atoms with Gasteiger partial charge < -0.3 is 10.0 Å². The molecule has 1 heterocycles. The Bertz CT molecular complexity index is 475. The molecule has 1 fully saturated rings. The van der Waals surface area contributed by atoms with Crippen LogP contribution in [0.25, 0.3) is 0 Å². The zero-order valence-electron chi connectivity index (χ0n) is 9.87. The maximum Gasteiger partial charge on any atom is 0.307 e. The number of amides is 1. The molecule has 2 rings (SSSR count). The quantitative estimate of drug-likeness (QED) is 0.808. The van der Waals surface area contributed by atoms with Crippen LogP contribution >= 0.6 is 12.6 Å². The van der Waals surface area contributed by atoms with Crippen LogP contribution in [0.3, 0.4) is 0 Å². The first-order valence-corrected chi connectivity index (χ1v) is 6.32. The van der Waals surface area contributed by atoms with E-state index in [0.29, 0.717) is 19.5 Å². The lowest BCUT2D eigenvalue weighted by Crippen LogP contribution is -2.25. The Morgan fingerprint density at radius 3 is 2.61 bits per heavy atom. The van der Waals surface area contributed by atoms with Crippen LogP contribution in [0, 0.1) is 0 Å². The van der Waals surface area contributed by atoms with Gasteiger partial charge in [0, 0.05) is 24.8 Å². The minimum Gasteiger partial charge on any atom is -0.481 e. The highest BCUT2D eigenvalue weighted by molar-refractivity contribution is 7.81. The van der Waals surface area contributed by atoms with Gasteiger partial charge in [-0.05, 0) is 11.1 Å². The molecule has 1 N–H and O–H groups in total. The van der Waals surface area contributed by atoms with Crippen molar-refractivity contribution in [3.63, 3.8) is 0 Å². The number of carboxylic acid groups (broad SMARTS) is 1. The fourth-order valence-corrected chi connectivity index (χ4v) is 2.51.